The molecule has 0 atom stereocenters. The van der Waals surface area contributed by atoms with Gasteiger partial charge in [-0.1, -0.05) is 23.7 Å². The fraction of sp³-hybridized carbons (Fsp3) is 0.263. The predicted octanol–water partition coefficient (Wildman–Crippen LogP) is 2.78. The number of nitrogens with one attached hydrogen (secondary N) is 1. The van der Waals surface area contributed by atoms with Gasteiger partial charge in [-0.05, 0) is 42.7 Å². The number of likely N-dealkylation sites (N-methyl/N-ethyl adjacent to an activating group) is 2. The van der Waals surface area contributed by atoms with E-state index in [9.17, 15) is 18.0 Å². The second-order valence-corrected chi connectivity index (χ2v) is 9.54. The molecule has 0 spiro atoms. The first-order valence-corrected chi connectivity index (χ1v) is 11.6. The number of anilines is 1. The van der Waals surface area contributed by atoms with Crippen molar-refractivity contribution in [1.82, 2.24) is 9.21 Å². The van der Waals surface area contributed by atoms with Crippen molar-refractivity contribution in [3.05, 3.63) is 53.6 Å². The van der Waals surface area contributed by atoms with E-state index in [0.717, 1.165) is 9.20 Å². The monoisotopic (exact) mass is 455 g/mol. The Labute approximate surface area is 180 Å². The van der Waals surface area contributed by atoms with Gasteiger partial charge < -0.3 is 10.2 Å². The highest BCUT2D eigenvalue weighted by Crippen LogP contribution is 2.24. The summed E-state index contributed by atoms with van der Waals surface area (Å²) < 4.78 is 26.1. The summed E-state index contributed by atoms with van der Waals surface area (Å²) in [7, 11) is -1.09. The topological polar surface area (TPSA) is 86.8 Å². The maximum absolute atomic E-state index is 12.6. The van der Waals surface area contributed by atoms with E-state index in [-0.39, 0.29) is 17.3 Å². The minimum Gasteiger partial charge on any atom is -0.335 e. The van der Waals surface area contributed by atoms with E-state index in [2.05, 4.69) is 5.32 Å². The van der Waals surface area contributed by atoms with E-state index < -0.39 is 22.5 Å². The van der Waals surface area contributed by atoms with Crippen molar-refractivity contribution in [3.63, 3.8) is 0 Å². The lowest BCUT2D eigenvalue weighted by Gasteiger charge is -2.22. The van der Waals surface area contributed by atoms with Crippen molar-refractivity contribution < 1.29 is 18.0 Å². The Morgan fingerprint density at radius 3 is 2.28 bits per heavy atom. The van der Waals surface area contributed by atoms with Crippen molar-refractivity contribution in [2.24, 2.45) is 0 Å². The zero-order valence-electron chi connectivity index (χ0n) is 16.3. The number of carbonyl (C=O) groups is 2. The van der Waals surface area contributed by atoms with Gasteiger partial charge in [-0.15, -0.1) is 11.8 Å². The van der Waals surface area contributed by atoms with Crippen LogP contribution in [0.3, 0.4) is 0 Å². The summed E-state index contributed by atoms with van der Waals surface area (Å²) in [5, 5.41) is 3.18. The molecule has 0 aromatic heterocycles. The molecule has 0 saturated carbocycles. The third kappa shape index (κ3) is 6.20. The van der Waals surface area contributed by atoms with Gasteiger partial charge in [0.05, 0.1) is 23.7 Å². The molecule has 0 aliphatic carbocycles. The molecular weight excluding hydrogens is 434 g/mol. The second kappa shape index (κ2) is 10.1. The summed E-state index contributed by atoms with van der Waals surface area (Å²) in [5.74, 6) is -0.871. The summed E-state index contributed by atoms with van der Waals surface area (Å²) in [5.41, 5.74) is 0.660. The molecule has 0 bridgehead atoms. The maximum atomic E-state index is 12.6. The van der Waals surface area contributed by atoms with Crippen LogP contribution in [0.25, 0.3) is 0 Å². The number of sulfonamides is 1. The Balaban J connectivity index is 1.97. The van der Waals surface area contributed by atoms with Crippen LogP contribution >= 0.6 is 23.4 Å². The number of nitrogens with zero attached hydrogens (tertiary/aromatic N) is 2. The molecule has 0 unspecified atom stereocenters. The van der Waals surface area contributed by atoms with E-state index in [1.54, 1.807) is 12.1 Å². The number of thioether (sulfide) groups is 1. The third-order valence-corrected chi connectivity index (χ3v) is 6.93. The second-order valence-electron chi connectivity index (χ2n) is 6.21. The minimum atomic E-state index is -3.85. The lowest BCUT2D eigenvalue weighted by Crippen LogP contribution is -2.42. The molecule has 2 amide bonds. The first-order valence-electron chi connectivity index (χ1n) is 8.54. The van der Waals surface area contributed by atoms with Crippen LogP contribution in [0.4, 0.5) is 5.69 Å². The van der Waals surface area contributed by atoms with E-state index in [1.165, 1.54) is 55.0 Å². The highest BCUT2D eigenvalue weighted by molar-refractivity contribution is 7.98. The van der Waals surface area contributed by atoms with Gasteiger partial charge in [-0.25, -0.2) is 8.42 Å². The van der Waals surface area contributed by atoms with Gasteiger partial charge in [-0.2, -0.15) is 4.31 Å². The molecule has 0 fully saturated rings. The van der Waals surface area contributed by atoms with E-state index in [0.29, 0.717) is 10.7 Å². The number of amides is 2. The Morgan fingerprint density at radius 2 is 1.66 bits per heavy atom. The number of rotatable bonds is 8. The highest BCUT2D eigenvalue weighted by atomic mass is 35.5. The van der Waals surface area contributed by atoms with Crippen molar-refractivity contribution in [2.45, 2.75) is 9.79 Å². The van der Waals surface area contributed by atoms with Crippen molar-refractivity contribution in [1.29, 1.82) is 0 Å². The molecule has 29 heavy (non-hydrogen) atoms. The Morgan fingerprint density at radius 1 is 1.03 bits per heavy atom. The molecule has 10 heteroatoms. The number of hydrogen-bond donors (Lipinski definition) is 1. The van der Waals surface area contributed by atoms with Crippen LogP contribution in [-0.2, 0) is 19.6 Å². The van der Waals surface area contributed by atoms with Gasteiger partial charge in [0.15, 0.2) is 0 Å². The van der Waals surface area contributed by atoms with Gasteiger partial charge in [0.1, 0.15) is 0 Å². The van der Waals surface area contributed by atoms with Gasteiger partial charge in [0, 0.05) is 24.0 Å². The summed E-state index contributed by atoms with van der Waals surface area (Å²) in [6.07, 6.45) is 1.90. The normalized spacial score (nSPS) is 11.3. The first kappa shape index (κ1) is 23.2. The molecule has 2 rings (SSSR count). The zero-order chi connectivity index (χ0) is 21.6. The van der Waals surface area contributed by atoms with Crippen LogP contribution in [0, 0.1) is 0 Å². The molecule has 2 aromatic carbocycles. The van der Waals surface area contributed by atoms with Crippen molar-refractivity contribution in [3.8, 4) is 0 Å². The molecule has 0 radical (unpaired) electrons. The molecule has 0 saturated heterocycles. The number of carbonyl (C=O) groups excluding carboxylic acids is 2. The lowest BCUT2D eigenvalue weighted by atomic mass is 10.3. The summed E-state index contributed by atoms with van der Waals surface area (Å²) in [6, 6.07) is 13.0. The number of benzene rings is 2. The zero-order valence-corrected chi connectivity index (χ0v) is 18.6. The largest absolute Gasteiger partial charge is 0.335 e. The van der Waals surface area contributed by atoms with Crippen LogP contribution in [0.15, 0.2) is 58.3 Å². The molecule has 0 aliphatic rings. The lowest BCUT2D eigenvalue weighted by molar-refractivity contribution is -0.133. The third-order valence-electron chi connectivity index (χ3n) is 4.07. The molecule has 156 valence electrons. The molecule has 2 aromatic rings. The van der Waals surface area contributed by atoms with Crippen LogP contribution in [-0.4, -0.2) is 62.9 Å². The molecule has 1 N–H and O–H groups in total. The van der Waals surface area contributed by atoms with Gasteiger partial charge in [0.2, 0.25) is 21.8 Å². The van der Waals surface area contributed by atoms with Crippen molar-refractivity contribution in [2.75, 3.05) is 38.8 Å². The standard InChI is InChI=1S/C19H22ClN3O4S2/c1-22(12-18(24)21-16-6-4-5-7-17(16)28-3)19(25)13-23(2)29(26,27)15-10-8-14(20)9-11-15/h4-11H,12-13H2,1-3H3,(H,21,24). The predicted molar refractivity (Wildman–Crippen MR) is 116 cm³/mol. The van der Waals surface area contributed by atoms with Gasteiger partial charge >= 0.3 is 0 Å². The number of para-hydroxylation sites is 1. The SMILES string of the molecule is CSc1ccccc1NC(=O)CN(C)C(=O)CN(C)S(=O)(=O)c1ccc(Cl)cc1. The molecule has 0 heterocycles. The maximum Gasteiger partial charge on any atom is 0.244 e. The fourth-order valence-electron chi connectivity index (χ4n) is 2.42. The van der Waals surface area contributed by atoms with E-state index >= 15 is 0 Å². The summed E-state index contributed by atoms with van der Waals surface area (Å²) in [6.45, 7) is -0.591. The fourth-order valence-corrected chi connectivity index (χ4v) is 4.22. The summed E-state index contributed by atoms with van der Waals surface area (Å²) >= 11 is 7.28. The van der Waals surface area contributed by atoms with Crippen LogP contribution in [0.1, 0.15) is 0 Å². The Hall–Kier alpha value is -2.07. The Bertz CT molecular complexity index is 981. The van der Waals surface area contributed by atoms with E-state index in [1.807, 2.05) is 18.4 Å². The van der Waals surface area contributed by atoms with Crippen LogP contribution in [0.2, 0.25) is 5.02 Å². The number of halogens is 1. The molecule has 0 aliphatic heterocycles. The molecule has 7 nitrogen and oxygen atoms in total. The Kier molecular flexibility index (Phi) is 8.09. The van der Waals surface area contributed by atoms with Crippen molar-refractivity contribution >= 4 is 50.9 Å². The van der Waals surface area contributed by atoms with Crippen LogP contribution in [0.5, 0.6) is 0 Å². The first-order chi connectivity index (χ1) is 13.6. The number of hydrogen-bond acceptors (Lipinski definition) is 5. The summed E-state index contributed by atoms with van der Waals surface area (Å²) in [4.78, 5) is 26.8. The van der Waals surface area contributed by atoms with Gasteiger partial charge in [0.25, 0.3) is 0 Å². The quantitative estimate of drug-likeness (QED) is 0.618. The minimum absolute atomic E-state index is 0.0336. The average molecular weight is 456 g/mol. The average Bonchev–Trinajstić information content (AvgIpc) is 2.68. The highest BCUT2D eigenvalue weighted by Gasteiger charge is 2.25. The van der Waals surface area contributed by atoms with E-state index in [4.69, 9.17) is 11.6 Å². The van der Waals surface area contributed by atoms with Crippen LogP contribution < -0.4 is 5.32 Å². The molecular formula is C19H22ClN3O4S2. The smallest absolute Gasteiger partial charge is 0.244 e. The van der Waals surface area contributed by atoms with Gasteiger partial charge in [-0.3, -0.25) is 9.59 Å².